The first-order chi connectivity index (χ1) is 10.9. The van der Waals surface area contributed by atoms with Gasteiger partial charge >= 0.3 is 0 Å². The molecule has 0 aliphatic rings. The van der Waals surface area contributed by atoms with Gasteiger partial charge in [-0.1, -0.05) is 30.3 Å². The van der Waals surface area contributed by atoms with Gasteiger partial charge in [0, 0.05) is 6.07 Å². The van der Waals surface area contributed by atoms with E-state index in [2.05, 4.69) is 0 Å². The lowest BCUT2D eigenvalue weighted by atomic mass is 9.93. The predicted molar refractivity (Wildman–Crippen MR) is 89.3 cm³/mol. The first-order valence-electron chi connectivity index (χ1n) is 7.34. The van der Waals surface area contributed by atoms with Crippen molar-refractivity contribution in [1.82, 2.24) is 0 Å². The molecule has 0 aromatic heterocycles. The molecule has 122 valence electrons. The molecule has 0 bridgehead atoms. The smallest absolute Gasteiger partial charge is 0.237 e. The number of hydrogen-bond donors (Lipinski definition) is 2. The maximum atomic E-state index is 11.3. The van der Waals surface area contributed by atoms with Gasteiger partial charge in [0.05, 0.1) is 12.6 Å². The van der Waals surface area contributed by atoms with Gasteiger partial charge in [0.1, 0.15) is 18.1 Å². The maximum absolute atomic E-state index is 11.3. The molecular weight excluding hydrogens is 292 g/mol. The van der Waals surface area contributed by atoms with Crippen LogP contribution < -0.4 is 20.9 Å². The number of rotatable bonds is 7. The van der Waals surface area contributed by atoms with Gasteiger partial charge in [-0.3, -0.25) is 4.79 Å². The number of ether oxygens (including phenoxy) is 2. The van der Waals surface area contributed by atoms with E-state index < -0.39 is 11.4 Å². The fraction of sp³-hybridized carbons (Fsp3) is 0.278. The largest absolute Gasteiger partial charge is 0.497 e. The lowest BCUT2D eigenvalue weighted by Gasteiger charge is -2.20. The van der Waals surface area contributed by atoms with E-state index in [1.165, 1.54) is 0 Å². The van der Waals surface area contributed by atoms with E-state index in [0.29, 0.717) is 13.0 Å². The van der Waals surface area contributed by atoms with Gasteiger partial charge in [-0.15, -0.1) is 0 Å². The van der Waals surface area contributed by atoms with E-state index in [0.717, 1.165) is 22.6 Å². The van der Waals surface area contributed by atoms with Crippen LogP contribution in [0, 0.1) is 0 Å². The number of primary amides is 1. The van der Waals surface area contributed by atoms with Crippen LogP contribution in [-0.4, -0.2) is 18.6 Å². The Hall–Kier alpha value is -2.53. The molecule has 0 heterocycles. The zero-order valence-electron chi connectivity index (χ0n) is 13.4. The Morgan fingerprint density at radius 3 is 2.30 bits per heavy atom. The molecule has 1 atom stereocenters. The van der Waals surface area contributed by atoms with Crippen molar-refractivity contribution in [3.05, 3.63) is 59.7 Å². The summed E-state index contributed by atoms with van der Waals surface area (Å²) in [5.41, 5.74) is 12.1. The quantitative estimate of drug-likeness (QED) is 0.818. The predicted octanol–water partition coefficient (Wildman–Crippen LogP) is 2.02. The van der Waals surface area contributed by atoms with Crippen LogP contribution >= 0.6 is 0 Å². The summed E-state index contributed by atoms with van der Waals surface area (Å²) < 4.78 is 10.9. The number of carbonyl (C=O) groups excluding carboxylic acids is 1. The van der Waals surface area contributed by atoms with Crippen LogP contribution in [-0.2, 0) is 17.8 Å². The molecule has 2 aromatic carbocycles. The van der Waals surface area contributed by atoms with E-state index >= 15 is 0 Å². The summed E-state index contributed by atoms with van der Waals surface area (Å²) in [4.78, 5) is 11.3. The molecule has 5 nitrogen and oxygen atoms in total. The summed E-state index contributed by atoms with van der Waals surface area (Å²) in [6, 6.07) is 15.2. The van der Waals surface area contributed by atoms with Gasteiger partial charge in [0.2, 0.25) is 5.91 Å². The van der Waals surface area contributed by atoms with Crippen molar-refractivity contribution in [3.8, 4) is 11.5 Å². The van der Waals surface area contributed by atoms with Crippen molar-refractivity contribution in [2.45, 2.75) is 25.5 Å². The van der Waals surface area contributed by atoms with Crippen LogP contribution in [0.25, 0.3) is 0 Å². The summed E-state index contributed by atoms with van der Waals surface area (Å²) in [5.74, 6) is 0.992. The van der Waals surface area contributed by atoms with Crippen LogP contribution in [0.2, 0.25) is 0 Å². The first kappa shape index (κ1) is 16.8. The van der Waals surface area contributed by atoms with E-state index in [-0.39, 0.29) is 0 Å². The Morgan fingerprint density at radius 2 is 1.70 bits per heavy atom. The second-order valence-corrected chi connectivity index (χ2v) is 5.74. The van der Waals surface area contributed by atoms with Gasteiger partial charge < -0.3 is 20.9 Å². The Kier molecular flexibility index (Phi) is 5.24. The molecule has 23 heavy (non-hydrogen) atoms. The zero-order valence-corrected chi connectivity index (χ0v) is 13.4. The Balaban J connectivity index is 1.96. The van der Waals surface area contributed by atoms with Gasteiger partial charge in [0.15, 0.2) is 0 Å². The standard InChI is InChI=1S/C18H22N2O3/c1-18(20,17(19)21)11-13-6-8-14(9-7-13)12-23-16-5-3-4-15(10-16)22-2/h3-10H,11-12,20H2,1-2H3,(H2,19,21). The zero-order chi connectivity index (χ0) is 16.9. The maximum Gasteiger partial charge on any atom is 0.237 e. The Morgan fingerprint density at radius 1 is 1.09 bits per heavy atom. The van der Waals surface area contributed by atoms with Gasteiger partial charge in [-0.2, -0.15) is 0 Å². The molecule has 0 saturated heterocycles. The van der Waals surface area contributed by atoms with Crippen LogP contribution in [0.1, 0.15) is 18.1 Å². The normalized spacial score (nSPS) is 13.2. The number of nitrogens with two attached hydrogens (primary N) is 2. The summed E-state index contributed by atoms with van der Waals surface area (Å²) in [6.45, 7) is 2.08. The van der Waals surface area contributed by atoms with E-state index in [1.807, 2.05) is 48.5 Å². The highest BCUT2D eigenvalue weighted by Crippen LogP contribution is 2.20. The molecule has 0 spiro atoms. The third-order valence-corrected chi connectivity index (χ3v) is 3.60. The highest BCUT2D eigenvalue weighted by Gasteiger charge is 2.25. The van der Waals surface area contributed by atoms with Gasteiger partial charge in [0.25, 0.3) is 0 Å². The first-order valence-corrected chi connectivity index (χ1v) is 7.34. The topological polar surface area (TPSA) is 87.6 Å². The monoisotopic (exact) mass is 314 g/mol. The minimum Gasteiger partial charge on any atom is -0.497 e. The molecule has 0 fully saturated rings. The van der Waals surface area contributed by atoms with Crippen molar-refractivity contribution in [2.24, 2.45) is 11.5 Å². The molecule has 1 amide bonds. The minimum absolute atomic E-state index is 0.402. The molecule has 2 rings (SSSR count). The highest BCUT2D eigenvalue weighted by atomic mass is 16.5. The number of benzene rings is 2. The van der Waals surface area contributed by atoms with E-state index in [9.17, 15) is 4.79 Å². The number of hydrogen-bond acceptors (Lipinski definition) is 4. The van der Waals surface area contributed by atoms with E-state index in [4.69, 9.17) is 20.9 Å². The average Bonchev–Trinajstić information content (AvgIpc) is 2.54. The van der Waals surface area contributed by atoms with Gasteiger partial charge in [-0.25, -0.2) is 0 Å². The van der Waals surface area contributed by atoms with Crippen molar-refractivity contribution >= 4 is 5.91 Å². The number of methoxy groups -OCH3 is 1. The summed E-state index contributed by atoms with van der Waals surface area (Å²) in [6.07, 6.45) is 0.402. The lowest BCUT2D eigenvalue weighted by molar-refractivity contribution is -0.122. The molecule has 0 aliphatic carbocycles. The molecular formula is C18H22N2O3. The van der Waals surface area contributed by atoms with Crippen LogP contribution in [0.5, 0.6) is 11.5 Å². The molecule has 0 saturated carbocycles. The Bertz CT molecular complexity index is 666. The fourth-order valence-corrected chi connectivity index (χ4v) is 2.12. The van der Waals surface area contributed by atoms with E-state index in [1.54, 1.807) is 14.0 Å². The van der Waals surface area contributed by atoms with Crippen molar-refractivity contribution in [2.75, 3.05) is 7.11 Å². The van der Waals surface area contributed by atoms with Crippen LogP contribution in [0.4, 0.5) is 0 Å². The summed E-state index contributed by atoms with van der Waals surface area (Å²) in [7, 11) is 1.62. The summed E-state index contributed by atoms with van der Waals surface area (Å²) in [5, 5.41) is 0. The minimum atomic E-state index is -1.04. The van der Waals surface area contributed by atoms with Crippen molar-refractivity contribution < 1.29 is 14.3 Å². The third-order valence-electron chi connectivity index (χ3n) is 3.60. The molecule has 1 unspecified atom stereocenters. The molecule has 0 aliphatic heterocycles. The second-order valence-electron chi connectivity index (χ2n) is 5.74. The highest BCUT2D eigenvalue weighted by molar-refractivity contribution is 5.84. The van der Waals surface area contributed by atoms with Crippen LogP contribution in [0.15, 0.2) is 48.5 Å². The Labute approximate surface area is 136 Å². The average molecular weight is 314 g/mol. The number of amides is 1. The molecule has 2 aromatic rings. The van der Waals surface area contributed by atoms with Gasteiger partial charge in [-0.05, 0) is 36.6 Å². The summed E-state index contributed by atoms with van der Waals surface area (Å²) >= 11 is 0. The van der Waals surface area contributed by atoms with Crippen molar-refractivity contribution in [1.29, 1.82) is 0 Å². The number of carbonyl (C=O) groups is 1. The third kappa shape index (κ3) is 4.72. The van der Waals surface area contributed by atoms with Crippen molar-refractivity contribution in [3.63, 3.8) is 0 Å². The molecule has 5 heteroatoms. The molecule has 4 N–H and O–H groups in total. The molecule has 0 radical (unpaired) electrons. The SMILES string of the molecule is COc1cccc(OCc2ccc(CC(C)(N)C(N)=O)cc2)c1. The second kappa shape index (κ2) is 7.15. The fourth-order valence-electron chi connectivity index (χ4n) is 2.12. The lowest BCUT2D eigenvalue weighted by Crippen LogP contribution is -2.51. The van der Waals surface area contributed by atoms with Crippen LogP contribution in [0.3, 0.4) is 0 Å².